The minimum Gasteiger partial charge on any atom is -0.497 e. The van der Waals surface area contributed by atoms with E-state index >= 15 is 0 Å². The van der Waals surface area contributed by atoms with Gasteiger partial charge >= 0.3 is 0 Å². The van der Waals surface area contributed by atoms with E-state index in [9.17, 15) is 4.79 Å². The zero-order chi connectivity index (χ0) is 24.2. The number of thiazole rings is 1. The molecule has 0 radical (unpaired) electrons. The lowest BCUT2D eigenvalue weighted by Crippen LogP contribution is -2.44. The van der Waals surface area contributed by atoms with Crippen molar-refractivity contribution in [3.05, 3.63) is 62.5 Å². The van der Waals surface area contributed by atoms with Gasteiger partial charge in [-0.15, -0.1) is 11.3 Å². The zero-order valence-corrected chi connectivity index (χ0v) is 22.4. The van der Waals surface area contributed by atoms with Crippen molar-refractivity contribution in [3.8, 4) is 16.2 Å². The largest absolute Gasteiger partial charge is 0.497 e. The first kappa shape index (κ1) is 23.1. The van der Waals surface area contributed by atoms with E-state index in [1.54, 1.807) is 7.11 Å². The number of carbonyl (C=O) groups excluding carboxylic acids is 1. The SMILES string of the molecule is COc1cccc(-c2sc(C)nc2C(=O)N2CCCC2(C)c2nc3c(C)c(C)c(Br)cc3[nH]2)c1. The van der Waals surface area contributed by atoms with Crippen LogP contribution in [-0.2, 0) is 5.54 Å². The maximum absolute atomic E-state index is 14.0. The molecule has 8 heteroatoms. The maximum atomic E-state index is 14.0. The molecule has 5 rings (SSSR count). The summed E-state index contributed by atoms with van der Waals surface area (Å²) < 4.78 is 6.46. The van der Waals surface area contributed by atoms with Crippen LogP contribution >= 0.6 is 27.3 Å². The number of aryl methyl sites for hydroxylation is 2. The van der Waals surface area contributed by atoms with Crippen molar-refractivity contribution in [1.29, 1.82) is 0 Å². The van der Waals surface area contributed by atoms with Crippen LogP contribution in [0.15, 0.2) is 34.8 Å². The zero-order valence-electron chi connectivity index (χ0n) is 20.0. The molecule has 1 unspecified atom stereocenters. The number of benzene rings is 2. The molecular formula is C26H27BrN4O2S. The Morgan fingerprint density at radius 3 is 2.76 bits per heavy atom. The molecule has 1 N–H and O–H groups in total. The first-order chi connectivity index (χ1) is 16.2. The number of H-pyrrole nitrogens is 1. The number of methoxy groups -OCH3 is 1. The highest BCUT2D eigenvalue weighted by Gasteiger charge is 2.45. The average molecular weight is 539 g/mol. The van der Waals surface area contributed by atoms with E-state index in [0.29, 0.717) is 12.2 Å². The second-order valence-electron chi connectivity index (χ2n) is 9.07. The molecule has 1 saturated heterocycles. The number of aromatic amines is 1. The van der Waals surface area contributed by atoms with Gasteiger partial charge in [0.25, 0.3) is 5.91 Å². The van der Waals surface area contributed by atoms with E-state index in [0.717, 1.165) is 60.9 Å². The number of hydrogen-bond donors (Lipinski definition) is 1. The molecule has 34 heavy (non-hydrogen) atoms. The molecule has 0 spiro atoms. The molecule has 3 heterocycles. The minimum atomic E-state index is -0.536. The second kappa shape index (κ2) is 8.50. The van der Waals surface area contributed by atoms with E-state index in [1.807, 2.05) is 36.1 Å². The summed E-state index contributed by atoms with van der Waals surface area (Å²) >= 11 is 5.19. The molecule has 2 aromatic carbocycles. The molecule has 0 saturated carbocycles. The van der Waals surface area contributed by atoms with Crippen LogP contribution in [0.4, 0.5) is 0 Å². The number of rotatable bonds is 4. The van der Waals surface area contributed by atoms with Crippen molar-refractivity contribution < 1.29 is 9.53 Å². The predicted octanol–water partition coefficient (Wildman–Crippen LogP) is 6.53. The number of amides is 1. The highest BCUT2D eigenvalue weighted by Crippen LogP contribution is 2.41. The van der Waals surface area contributed by atoms with Crippen LogP contribution in [0, 0.1) is 20.8 Å². The molecule has 1 amide bonds. The summed E-state index contributed by atoms with van der Waals surface area (Å²) in [6.07, 6.45) is 1.76. The summed E-state index contributed by atoms with van der Waals surface area (Å²) in [4.78, 5) is 30.0. The van der Waals surface area contributed by atoms with Gasteiger partial charge < -0.3 is 14.6 Å². The fraction of sp³-hybridized carbons (Fsp3) is 0.346. The Morgan fingerprint density at radius 1 is 1.21 bits per heavy atom. The Kier molecular flexibility index (Phi) is 5.76. The minimum absolute atomic E-state index is 0.0586. The Hall–Kier alpha value is -2.71. The van der Waals surface area contributed by atoms with E-state index < -0.39 is 5.54 Å². The molecule has 0 aliphatic carbocycles. The van der Waals surface area contributed by atoms with Gasteiger partial charge in [0.2, 0.25) is 0 Å². The Balaban J connectivity index is 1.57. The van der Waals surface area contributed by atoms with Gasteiger partial charge in [0, 0.05) is 11.0 Å². The highest BCUT2D eigenvalue weighted by molar-refractivity contribution is 9.10. The van der Waals surface area contributed by atoms with Gasteiger partial charge in [0.15, 0.2) is 0 Å². The quantitative estimate of drug-likeness (QED) is 0.320. The predicted molar refractivity (Wildman–Crippen MR) is 140 cm³/mol. The molecule has 1 atom stereocenters. The number of nitrogens with zero attached hydrogens (tertiary/aromatic N) is 3. The molecule has 176 valence electrons. The third-order valence-electron chi connectivity index (χ3n) is 6.94. The van der Waals surface area contributed by atoms with Crippen LogP contribution in [-0.4, -0.2) is 39.4 Å². The van der Waals surface area contributed by atoms with Gasteiger partial charge in [0.1, 0.15) is 17.3 Å². The van der Waals surface area contributed by atoms with Crippen LogP contribution in [0.2, 0.25) is 0 Å². The molecule has 2 aromatic heterocycles. The van der Waals surface area contributed by atoms with Gasteiger partial charge in [0.05, 0.1) is 33.6 Å². The summed E-state index contributed by atoms with van der Waals surface area (Å²) in [6, 6.07) is 9.87. The number of imidazole rings is 1. The van der Waals surface area contributed by atoms with Gasteiger partial charge in [-0.05, 0) is 75.4 Å². The number of halogens is 1. The number of aromatic nitrogens is 3. The summed E-state index contributed by atoms with van der Waals surface area (Å²) in [5.74, 6) is 1.52. The number of likely N-dealkylation sites (tertiary alicyclic amines) is 1. The van der Waals surface area contributed by atoms with Crippen LogP contribution in [0.5, 0.6) is 5.75 Å². The third kappa shape index (κ3) is 3.64. The first-order valence-corrected chi connectivity index (χ1v) is 12.9. The van der Waals surface area contributed by atoms with E-state index in [1.165, 1.54) is 16.9 Å². The molecule has 6 nitrogen and oxygen atoms in total. The van der Waals surface area contributed by atoms with E-state index in [-0.39, 0.29) is 5.91 Å². The number of hydrogen-bond acceptors (Lipinski definition) is 5. The monoisotopic (exact) mass is 538 g/mol. The van der Waals surface area contributed by atoms with Gasteiger partial charge in [-0.3, -0.25) is 4.79 Å². The molecule has 1 aliphatic heterocycles. The number of carbonyl (C=O) groups is 1. The second-order valence-corrected chi connectivity index (χ2v) is 11.1. The van der Waals surface area contributed by atoms with Crippen LogP contribution in [0.25, 0.3) is 21.5 Å². The molecular weight excluding hydrogens is 512 g/mol. The number of ether oxygens (including phenoxy) is 1. The average Bonchev–Trinajstić information content (AvgIpc) is 3.54. The van der Waals surface area contributed by atoms with E-state index in [2.05, 4.69) is 52.7 Å². The van der Waals surface area contributed by atoms with Crippen molar-refractivity contribution in [3.63, 3.8) is 0 Å². The molecule has 4 aromatic rings. The summed E-state index contributed by atoms with van der Waals surface area (Å²) in [7, 11) is 1.65. The van der Waals surface area contributed by atoms with Crippen LogP contribution < -0.4 is 4.74 Å². The van der Waals surface area contributed by atoms with E-state index in [4.69, 9.17) is 9.72 Å². The molecule has 1 aliphatic rings. The normalized spacial score (nSPS) is 18.1. The standard InChI is InChI=1S/C26H27BrN4O2S/c1-14-15(2)21-20(13-19(14)27)29-25(30-21)26(4)10-7-11-31(26)24(32)22-23(34-16(3)28-22)17-8-6-9-18(12-17)33-5/h6,8-9,12-13H,7,10-11H2,1-5H3,(H,29,30). The van der Waals surface area contributed by atoms with Crippen molar-refractivity contribution in [2.75, 3.05) is 13.7 Å². The lowest BCUT2D eigenvalue weighted by atomic mass is 9.97. The highest BCUT2D eigenvalue weighted by atomic mass is 79.9. The Bertz CT molecular complexity index is 1430. The molecule has 1 fully saturated rings. The third-order valence-corrected chi connectivity index (χ3v) is 8.79. The lowest BCUT2D eigenvalue weighted by Gasteiger charge is -2.33. The van der Waals surface area contributed by atoms with Gasteiger partial charge in [-0.1, -0.05) is 28.1 Å². The molecule has 0 bridgehead atoms. The van der Waals surface area contributed by atoms with Crippen LogP contribution in [0.3, 0.4) is 0 Å². The number of fused-ring (bicyclic) bond motifs is 1. The Labute approximate surface area is 211 Å². The van der Waals surface area contributed by atoms with Crippen molar-refractivity contribution in [2.45, 2.75) is 46.1 Å². The van der Waals surface area contributed by atoms with Crippen molar-refractivity contribution >= 4 is 44.2 Å². The fourth-order valence-electron chi connectivity index (χ4n) is 4.82. The van der Waals surface area contributed by atoms with Crippen LogP contribution in [0.1, 0.15) is 52.2 Å². The Morgan fingerprint density at radius 2 is 2.00 bits per heavy atom. The van der Waals surface area contributed by atoms with Crippen molar-refractivity contribution in [2.24, 2.45) is 0 Å². The lowest BCUT2D eigenvalue weighted by molar-refractivity contribution is 0.0601. The summed E-state index contributed by atoms with van der Waals surface area (Å²) in [6.45, 7) is 8.90. The van der Waals surface area contributed by atoms with Gasteiger partial charge in [-0.25, -0.2) is 9.97 Å². The van der Waals surface area contributed by atoms with Crippen molar-refractivity contribution in [1.82, 2.24) is 19.9 Å². The fourth-order valence-corrected chi connectivity index (χ4v) is 6.25. The smallest absolute Gasteiger partial charge is 0.274 e. The van der Waals surface area contributed by atoms with Gasteiger partial charge in [-0.2, -0.15) is 0 Å². The first-order valence-electron chi connectivity index (χ1n) is 11.3. The maximum Gasteiger partial charge on any atom is 0.274 e. The topological polar surface area (TPSA) is 71.1 Å². The number of nitrogens with one attached hydrogen (secondary N) is 1. The summed E-state index contributed by atoms with van der Waals surface area (Å²) in [5.41, 5.74) is 5.15. The summed E-state index contributed by atoms with van der Waals surface area (Å²) in [5, 5.41) is 0.863.